The fraction of sp³-hybridized carbons (Fsp3) is 0.238. The summed E-state index contributed by atoms with van der Waals surface area (Å²) in [6, 6.07) is 13.9. The van der Waals surface area contributed by atoms with Crippen LogP contribution in [0.4, 0.5) is 5.69 Å². The summed E-state index contributed by atoms with van der Waals surface area (Å²) in [6.07, 6.45) is 2.56. The minimum Gasteiger partial charge on any atom is -0.326 e. The van der Waals surface area contributed by atoms with E-state index in [2.05, 4.69) is 10.3 Å². The second-order valence-corrected chi connectivity index (χ2v) is 9.82. The fourth-order valence-corrected chi connectivity index (χ4v) is 6.18. The predicted molar refractivity (Wildman–Crippen MR) is 118 cm³/mol. The molecule has 156 valence electrons. The summed E-state index contributed by atoms with van der Waals surface area (Å²) >= 11 is 12.2. The number of carbonyl (C=O) groups is 1. The van der Waals surface area contributed by atoms with Gasteiger partial charge in [-0.3, -0.25) is 9.78 Å². The Balaban J connectivity index is 1.43. The van der Waals surface area contributed by atoms with Crippen molar-refractivity contribution in [3.8, 4) is 0 Å². The Hall–Kier alpha value is -2.19. The van der Waals surface area contributed by atoms with Crippen molar-refractivity contribution >= 4 is 55.7 Å². The van der Waals surface area contributed by atoms with E-state index in [-0.39, 0.29) is 39.9 Å². The lowest BCUT2D eigenvalue weighted by molar-refractivity contribution is -0.120. The topological polar surface area (TPSA) is 79.4 Å². The molecule has 2 heterocycles. The van der Waals surface area contributed by atoms with Crippen molar-refractivity contribution in [2.24, 2.45) is 5.92 Å². The number of fused-ring (bicyclic) bond motifs is 1. The van der Waals surface area contributed by atoms with Gasteiger partial charge >= 0.3 is 0 Å². The lowest BCUT2D eigenvalue weighted by atomic mass is 9.97. The molecule has 6 nitrogen and oxygen atoms in total. The molecule has 30 heavy (non-hydrogen) atoms. The first-order valence-corrected chi connectivity index (χ1v) is 11.7. The van der Waals surface area contributed by atoms with Crippen LogP contribution in [0, 0.1) is 5.92 Å². The number of nitrogens with one attached hydrogen (secondary N) is 1. The van der Waals surface area contributed by atoms with Crippen molar-refractivity contribution in [2.75, 3.05) is 18.4 Å². The number of halogens is 2. The van der Waals surface area contributed by atoms with Crippen LogP contribution in [0.3, 0.4) is 0 Å². The molecule has 0 atom stereocenters. The van der Waals surface area contributed by atoms with Crippen LogP contribution in [0.5, 0.6) is 0 Å². The summed E-state index contributed by atoms with van der Waals surface area (Å²) in [5.41, 5.74) is 1.55. The number of hydrogen-bond acceptors (Lipinski definition) is 4. The molecule has 0 saturated carbocycles. The lowest BCUT2D eigenvalue weighted by Crippen LogP contribution is -2.41. The molecule has 0 spiro atoms. The van der Waals surface area contributed by atoms with Crippen molar-refractivity contribution in [2.45, 2.75) is 17.7 Å². The van der Waals surface area contributed by atoms with Gasteiger partial charge in [-0.05, 0) is 49.2 Å². The third kappa shape index (κ3) is 4.16. The van der Waals surface area contributed by atoms with Crippen LogP contribution < -0.4 is 5.32 Å². The summed E-state index contributed by atoms with van der Waals surface area (Å²) < 4.78 is 27.3. The van der Waals surface area contributed by atoms with E-state index < -0.39 is 10.0 Å². The van der Waals surface area contributed by atoms with E-state index in [1.807, 2.05) is 30.3 Å². The molecule has 0 bridgehead atoms. The zero-order chi connectivity index (χ0) is 21.3. The van der Waals surface area contributed by atoms with Gasteiger partial charge in [0.1, 0.15) is 4.90 Å². The number of piperidine rings is 1. The molecule has 4 rings (SSSR count). The van der Waals surface area contributed by atoms with Crippen LogP contribution in [0.1, 0.15) is 12.8 Å². The molecule has 0 aliphatic carbocycles. The maximum Gasteiger partial charge on any atom is 0.246 e. The largest absolute Gasteiger partial charge is 0.326 e. The average Bonchev–Trinajstić information content (AvgIpc) is 2.73. The van der Waals surface area contributed by atoms with E-state index >= 15 is 0 Å². The van der Waals surface area contributed by atoms with Gasteiger partial charge in [-0.2, -0.15) is 4.31 Å². The minimum absolute atomic E-state index is 0.0824. The highest BCUT2D eigenvalue weighted by Crippen LogP contribution is 2.33. The maximum absolute atomic E-state index is 13.0. The molecular weight excluding hydrogens is 445 g/mol. The van der Waals surface area contributed by atoms with Crippen molar-refractivity contribution in [1.29, 1.82) is 0 Å². The summed E-state index contributed by atoms with van der Waals surface area (Å²) in [5.74, 6) is -0.395. The van der Waals surface area contributed by atoms with Crippen molar-refractivity contribution < 1.29 is 13.2 Å². The third-order valence-corrected chi connectivity index (χ3v) is 8.07. The van der Waals surface area contributed by atoms with Crippen molar-refractivity contribution in [3.05, 3.63) is 64.8 Å². The van der Waals surface area contributed by atoms with Crippen LogP contribution in [-0.2, 0) is 14.8 Å². The smallest absolute Gasteiger partial charge is 0.246 e. The number of carbonyl (C=O) groups excluding carboxylic acids is 1. The number of pyridine rings is 1. The molecule has 1 aliphatic rings. The zero-order valence-corrected chi connectivity index (χ0v) is 18.2. The van der Waals surface area contributed by atoms with Crippen molar-refractivity contribution in [1.82, 2.24) is 9.29 Å². The number of nitrogens with zero attached hydrogens (tertiary/aromatic N) is 2. The molecule has 0 radical (unpaired) electrons. The normalized spacial score (nSPS) is 15.9. The van der Waals surface area contributed by atoms with Gasteiger partial charge in [0.05, 0.1) is 15.6 Å². The predicted octanol–water partition coefficient (Wildman–Crippen LogP) is 4.58. The Morgan fingerprint density at radius 1 is 1.03 bits per heavy atom. The summed E-state index contributed by atoms with van der Waals surface area (Å²) in [6.45, 7) is 0.452. The molecule has 1 saturated heterocycles. The number of hydrogen-bond donors (Lipinski definition) is 1. The van der Waals surface area contributed by atoms with E-state index in [1.54, 1.807) is 12.3 Å². The Morgan fingerprint density at radius 3 is 2.43 bits per heavy atom. The van der Waals surface area contributed by atoms with Gasteiger partial charge in [0, 0.05) is 36.3 Å². The Bertz CT molecular complexity index is 1190. The molecule has 1 amide bonds. The molecule has 1 fully saturated rings. The number of anilines is 1. The monoisotopic (exact) mass is 463 g/mol. The van der Waals surface area contributed by atoms with E-state index in [1.165, 1.54) is 16.4 Å². The molecule has 2 aromatic carbocycles. The van der Waals surface area contributed by atoms with Crippen LogP contribution in [-0.4, -0.2) is 36.7 Å². The SMILES string of the molecule is O=C(Nc1ccc2ncccc2c1)C1CCN(S(=O)(=O)c2c(Cl)cccc2Cl)CC1. The van der Waals surface area contributed by atoms with E-state index in [0.29, 0.717) is 18.5 Å². The fourth-order valence-electron chi connectivity index (χ4n) is 3.61. The average molecular weight is 464 g/mol. The number of rotatable bonds is 4. The molecule has 0 unspecified atom stereocenters. The van der Waals surface area contributed by atoms with E-state index in [4.69, 9.17) is 23.2 Å². The number of benzene rings is 2. The Morgan fingerprint density at radius 2 is 1.73 bits per heavy atom. The van der Waals surface area contributed by atoms with Gasteiger partial charge in [0.2, 0.25) is 15.9 Å². The van der Waals surface area contributed by atoms with Gasteiger partial charge in [0.25, 0.3) is 0 Å². The van der Waals surface area contributed by atoms with Crippen LogP contribution in [0.15, 0.2) is 59.6 Å². The standard InChI is InChI=1S/C21H19Cl2N3O3S/c22-17-4-1-5-18(23)20(17)30(28,29)26-11-8-14(9-12-26)21(27)25-16-6-7-19-15(13-16)3-2-10-24-19/h1-7,10,13-14H,8-9,11-12H2,(H,25,27). The van der Waals surface area contributed by atoms with E-state index in [9.17, 15) is 13.2 Å². The third-order valence-electron chi connectivity index (χ3n) is 5.21. The first-order valence-electron chi connectivity index (χ1n) is 9.46. The zero-order valence-electron chi connectivity index (χ0n) is 15.9. The molecular formula is C21H19Cl2N3O3S. The molecule has 1 aromatic heterocycles. The highest BCUT2D eigenvalue weighted by molar-refractivity contribution is 7.89. The first-order chi connectivity index (χ1) is 14.4. The van der Waals surface area contributed by atoms with Gasteiger partial charge in [-0.25, -0.2) is 8.42 Å². The molecule has 1 aliphatic heterocycles. The van der Waals surface area contributed by atoms with Gasteiger partial charge in [-0.15, -0.1) is 0 Å². The van der Waals surface area contributed by atoms with Crippen LogP contribution >= 0.6 is 23.2 Å². The number of sulfonamides is 1. The quantitative estimate of drug-likeness (QED) is 0.613. The first kappa shape index (κ1) is 21.1. The van der Waals surface area contributed by atoms with Gasteiger partial charge in [-0.1, -0.05) is 35.3 Å². The maximum atomic E-state index is 13.0. The number of aromatic nitrogens is 1. The van der Waals surface area contributed by atoms with Crippen LogP contribution in [0.2, 0.25) is 10.0 Å². The second kappa shape index (κ2) is 8.51. The highest BCUT2D eigenvalue weighted by Gasteiger charge is 2.34. The Labute approximate surface area is 184 Å². The molecule has 9 heteroatoms. The lowest BCUT2D eigenvalue weighted by Gasteiger charge is -2.31. The number of amides is 1. The minimum atomic E-state index is -3.82. The van der Waals surface area contributed by atoms with E-state index in [0.717, 1.165) is 10.9 Å². The van der Waals surface area contributed by atoms with Gasteiger partial charge < -0.3 is 5.32 Å². The summed E-state index contributed by atoms with van der Waals surface area (Å²) in [7, 11) is -3.82. The molecule has 1 N–H and O–H groups in total. The van der Waals surface area contributed by atoms with Crippen LogP contribution in [0.25, 0.3) is 10.9 Å². The second-order valence-electron chi connectivity index (χ2n) is 7.13. The highest BCUT2D eigenvalue weighted by atomic mass is 35.5. The summed E-state index contributed by atoms with van der Waals surface area (Å²) in [4.78, 5) is 16.9. The van der Waals surface area contributed by atoms with Crippen molar-refractivity contribution in [3.63, 3.8) is 0 Å². The molecule has 3 aromatic rings. The summed E-state index contributed by atoms with van der Waals surface area (Å²) in [5, 5.41) is 4.05. The van der Waals surface area contributed by atoms with Gasteiger partial charge in [0.15, 0.2) is 0 Å². The Kier molecular flexibility index (Phi) is 5.97.